The van der Waals surface area contributed by atoms with Crippen LogP contribution >= 0.6 is 23.4 Å². The van der Waals surface area contributed by atoms with Crippen LogP contribution in [0.25, 0.3) is 0 Å². The van der Waals surface area contributed by atoms with E-state index in [1.165, 1.54) is 0 Å². The van der Waals surface area contributed by atoms with Gasteiger partial charge in [-0.25, -0.2) is 4.98 Å². The fourth-order valence-corrected chi connectivity index (χ4v) is 2.16. The summed E-state index contributed by atoms with van der Waals surface area (Å²) in [7, 11) is 0. The number of aromatic nitrogens is 1. The first-order valence-corrected chi connectivity index (χ1v) is 6.30. The highest BCUT2D eigenvalue weighted by molar-refractivity contribution is 7.98. The van der Waals surface area contributed by atoms with Gasteiger partial charge in [0, 0.05) is 5.75 Å². The molecule has 0 radical (unpaired) electrons. The highest BCUT2D eigenvalue weighted by Crippen LogP contribution is 2.13. The van der Waals surface area contributed by atoms with E-state index in [9.17, 15) is 4.79 Å². The van der Waals surface area contributed by atoms with E-state index in [1.807, 2.05) is 12.1 Å². The largest absolute Gasteiger partial charge is 0.480 e. The zero-order valence-electron chi connectivity index (χ0n) is 8.60. The number of carboxylic acid groups (broad SMARTS) is 1. The maximum absolute atomic E-state index is 10.4. The minimum Gasteiger partial charge on any atom is -0.480 e. The molecule has 0 aliphatic carbocycles. The molecule has 0 aromatic carbocycles. The summed E-state index contributed by atoms with van der Waals surface area (Å²) in [5.74, 6) is 0.454. The van der Waals surface area contributed by atoms with E-state index in [0.717, 1.165) is 5.69 Å². The average Bonchev–Trinajstić information content (AvgIpc) is 2.24. The molecule has 1 rings (SSSR count). The predicted molar refractivity (Wildman–Crippen MR) is 65.6 cm³/mol. The number of halogens is 1. The summed E-state index contributed by atoms with van der Waals surface area (Å²) >= 11 is 7.33. The van der Waals surface area contributed by atoms with Crippen molar-refractivity contribution >= 4 is 29.3 Å². The number of nitrogens with zero attached hydrogens (tertiary/aromatic N) is 1. The first-order valence-electron chi connectivity index (χ1n) is 4.77. The molecule has 0 aliphatic heterocycles. The molecule has 0 spiro atoms. The first-order chi connectivity index (χ1) is 7.59. The Hall–Kier alpha value is -0.780. The second kappa shape index (κ2) is 6.73. The maximum Gasteiger partial charge on any atom is 0.320 e. The fraction of sp³-hybridized carbons (Fsp3) is 0.400. The summed E-state index contributed by atoms with van der Waals surface area (Å²) in [6.45, 7) is 0. The summed E-state index contributed by atoms with van der Waals surface area (Å²) < 4.78 is 0. The van der Waals surface area contributed by atoms with Crippen LogP contribution in [-0.2, 0) is 10.5 Å². The Bertz CT molecular complexity index is 362. The normalized spacial score (nSPS) is 12.4. The summed E-state index contributed by atoms with van der Waals surface area (Å²) in [6, 6.07) is 4.67. The third-order valence-electron chi connectivity index (χ3n) is 1.91. The molecule has 0 bridgehead atoms. The molecule has 4 nitrogen and oxygen atoms in total. The Kier molecular flexibility index (Phi) is 5.59. The number of aliphatic carboxylic acids is 1. The lowest BCUT2D eigenvalue weighted by Gasteiger charge is -2.05. The van der Waals surface area contributed by atoms with Crippen molar-refractivity contribution in [2.45, 2.75) is 18.2 Å². The van der Waals surface area contributed by atoms with E-state index >= 15 is 0 Å². The molecule has 1 atom stereocenters. The summed E-state index contributed by atoms with van der Waals surface area (Å²) in [5.41, 5.74) is 6.26. The second-order valence-corrected chi connectivity index (χ2v) is 4.73. The lowest BCUT2D eigenvalue weighted by Crippen LogP contribution is -2.30. The molecule has 6 heteroatoms. The molecule has 1 aromatic rings. The molecular formula is C10H13ClN2O2S. The summed E-state index contributed by atoms with van der Waals surface area (Å²) in [6.07, 6.45) is 0.459. The van der Waals surface area contributed by atoms with E-state index in [0.29, 0.717) is 23.1 Å². The minimum absolute atomic E-state index is 0.459. The van der Waals surface area contributed by atoms with Gasteiger partial charge in [0.1, 0.15) is 11.2 Å². The van der Waals surface area contributed by atoms with Crippen LogP contribution in [0.3, 0.4) is 0 Å². The van der Waals surface area contributed by atoms with Crippen LogP contribution in [0.4, 0.5) is 0 Å². The number of rotatable bonds is 6. The van der Waals surface area contributed by atoms with Crippen LogP contribution < -0.4 is 5.73 Å². The number of nitrogens with two attached hydrogens (primary N) is 1. The van der Waals surface area contributed by atoms with Crippen LogP contribution in [0.2, 0.25) is 5.15 Å². The summed E-state index contributed by atoms with van der Waals surface area (Å²) in [4.78, 5) is 14.6. The Labute approximate surface area is 103 Å². The zero-order chi connectivity index (χ0) is 12.0. The molecular weight excluding hydrogens is 248 g/mol. The number of thioether (sulfide) groups is 1. The van der Waals surface area contributed by atoms with Crippen molar-refractivity contribution in [3.05, 3.63) is 29.0 Å². The predicted octanol–water partition coefficient (Wildman–Crippen LogP) is 1.77. The number of hydrogen-bond donors (Lipinski definition) is 2. The third-order valence-corrected chi connectivity index (χ3v) is 3.15. The molecule has 0 amide bonds. The Morgan fingerprint density at radius 2 is 2.38 bits per heavy atom. The SMILES string of the molecule is NC(CCSCc1cccc(Cl)n1)C(=O)O. The molecule has 3 N–H and O–H groups in total. The highest BCUT2D eigenvalue weighted by Gasteiger charge is 2.10. The monoisotopic (exact) mass is 260 g/mol. The van der Waals surface area contributed by atoms with Crippen molar-refractivity contribution in [1.82, 2.24) is 4.98 Å². The molecule has 1 unspecified atom stereocenters. The molecule has 0 aliphatic rings. The molecule has 0 fully saturated rings. The van der Waals surface area contributed by atoms with E-state index in [2.05, 4.69) is 4.98 Å². The third kappa shape index (κ3) is 4.83. The van der Waals surface area contributed by atoms with Crippen LogP contribution in [0, 0.1) is 0 Å². The fourth-order valence-electron chi connectivity index (χ4n) is 1.04. The Balaban J connectivity index is 2.23. The molecule has 88 valence electrons. The van der Waals surface area contributed by atoms with Gasteiger partial charge in [-0.15, -0.1) is 0 Å². The van der Waals surface area contributed by atoms with Crippen molar-refractivity contribution in [2.75, 3.05) is 5.75 Å². The molecule has 1 aromatic heterocycles. The smallest absolute Gasteiger partial charge is 0.320 e. The Morgan fingerprint density at radius 3 is 3.00 bits per heavy atom. The number of carbonyl (C=O) groups is 1. The van der Waals surface area contributed by atoms with Gasteiger partial charge in [-0.3, -0.25) is 4.79 Å². The van der Waals surface area contributed by atoms with Crippen molar-refractivity contribution in [1.29, 1.82) is 0 Å². The minimum atomic E-state index is -0.957. The molecule has 16 heavy (non-hydrogen) atoms. The van der Waals surface area contributed by atoms with Gasteiger partial charge < -0.3 is 10.8 Å². The van der Waals surface area contributed by atoms with Crippen LogP contribution in [0.5, 0.6) is 0 Å². The Morgan fingerprint density at radius 1 is 1.62 bits per heavy atom. The van der Waals surface area contributed by atoms with E-state index in [1.54, 1.807) is 17.8 Å². The zero-order valence-corrected chi connectivity index (χ0v) is 10.2. The number of hydrogen-bond acceptors (Lipinski definition) is 4. The molecule has 0 saturated heterocycles. The van der Waals surface area contributed by atoms with E-state index in [4.69, 9.17) is 22.4 Å². The van der Waals surface area contributed by atoms with E-state index in [-0.39, 0.29) is 0 Å². The van der Waals surface area contributed by atoms with Crippen molar-refractivity contribution < 1.29 is 9.90 Å². The standard InChI is InChI=1S/C10H13ClN2O2S/c11-9-3-1-2-7(13-9)6-16-5-4-8(12)10(14)15/h1-3,8H,4-6,12H2,(H,14,15). The van der Waals surface area contributed by atoms with Crippen LogP contribution in [0.15, 0.2) is 18.2 Å². The van der Waals surface area contributed by atoms with Gasteiger partial charge in [-0.2, -0.15) is 11.8 Å². The van der Waals surface area contributed by atoms with Crippen molar-refractivity contribution in [3.63, 3.8) is 0 Å². The summed E-state index contributed by atoms with van der Waals surface area (Å²) in [5, 5.41) is 9.04. The van der Waals surface area contributed by atoms with Gasteiger partial charge in [0.05, 0.1) is 5.69 Å². The lowest BCUT2D eigenvalue weighted by molar-refractivity contribution is -0.138. The first kappa shape index (κ1) is 13.3. The topological polar surface area (TPSA) is 76.2 Å². The van der Waals surface area contributed by atoms with Crippen molar-refractivity contribution in [3.8, 4) is 0 Å². The van der Waals surface area contributed by atoms with Gasteiger partial charge in [0.2, 0.25) is 0 Å². The van der Waals surface area contributed by atoms with Crippen LogP contribution in [0.1, 0.15) is 12.1 Å². The lowest BCUT2D eigenvalue weighted by atomic mass is 10.2. The molecule has 0 saturated carbocycles. The van der Waals surface area contributed by atoms with Gasteiger partial charge in [-0.05, 0) is 24.3 Å². The quantitative estimate of drug-likeness (QED) is 0.602. The number of pyridine rings is 1. The van der Waals surface area contributed by atoms with Gasteiger partial charge in [0.25, 0.3) is 0 Å². The van der Waals surface area contributed by atoms with Gasteiger partial charge in [-0.1, -0.05) is 17.7 Å². The van der Waals surface area contributed by atoms with E-state index < -0.39 is 12.0 Å². The highest BCUT2D eigenvalue weighted by atomic mass is 35.5. The second-order valence-electron chi connectivity index (χ2n) is 3.24. The number of carboxylic acids is 1. The van der Waals surface area contributed by atoms with Crippen LogP contribution in [-0.4, -0.2) is 27.9 Å². The average molecular weight is 261 g/mol. The van der Waals surface area contributed by atoms with Gasteiger partial charge >= 0.3 is 5.97 Å². The van der Waals surface area contributed by atoms with Gasteiger partial charge in [0.15, 0.2) is 0 Å². The maximum atomic E-state index is 10.4. The molecule has 1 heterocycles. The van der Waals surface area contributed by atoms with Crippen molar-refractivity contribution in [2.24, 2.45) is 5.73 Å².